The summed E-state index contributed by atoms with van der Waals surface area (Å²) in [6, 6.07) is 11.7. The van der Waals surface area contributed by atoms with Crippen LogP contribution in [0, 0.1) is 0 Å². The second-order valence-corrected chi connectivity index (χ2v) is 7.33. The summed E-state index contributed by atoms with van der Waals surface area (Å²) in [6.07, 6.45) is 1.56. The molecule has 0 N–H and O–H groups in total. The number of rotatable bonds is 7. The molecule has 0 spiro atoms. The molecule has 0 aromatic heterocycles. The van der Waals surface area contributed by atoms with Gasteiger partial charge in [0, 0.05) is 5.02 Å². The molecule has 1 aliphatic heterocycles. The van der Waals surface area contributed by atoms with Crippen LogP contribution in [-0.4, -0.2) is 35.7 Å². The van der Waals surface area contributed by atoms with E-state index in [1.165, 1.54) is 13.2 Å². The number of imide groups is 1. The first-order chi connectivity index (χ1) is 13.9. The molecule has 1 fully saturated rings. The number of aliphatic carboxylic acids is 1. The maximum atomic E-state index is 12.7. The van der Waals surface area contributed by atoms with E-state index < -0.39 is 18.5 Å². The first-order valence-corrected chi connectivity index (χ1v) is 9.58. The number of carboxylic acids is 1. The molecule has 2 aromatic rings. The van der Waals surface area contributed by atoms with Crippen LogP contribution in [0.5, 0.6) is 11.5 Å². The summed E-state index contributed by atoms with van der Waals surface area (Å²) in [4.78, 5) is 36.9. The van der Waals surface area contributed by atoms with Crippen molar-refractivity contribution in [2.75, 3.05) is 13.7 Å². The third-order valence-corrected chi connectivity index (χ3v) is 5.27. The summed E-state index contributed by atoms with van der Waals surface area (Å²) in [6.45, 7) is -0.530. The lowest BCUT2D eigenvalue weighted by atomic mass is 10.1. The standard InChI is InChI=1S/C20H16ClNO6S/c1-27-16-8-12(6-7-15(16)28-11-18(23)24)9-17-19(25)22(20(26)29-17)10-13-4-2-3-5-14(13)21/h2-9H,10-11H2,1H3,(H,23,24)/p-1/b17-9+. The molecule has 2 aromatic carbocycles. The van der Waals surface area contributed by atoms with E-state index >= 15 is 0 Å². The second-order valence-electron chi connectivity index (χ2n) is 5.93. The molecule has 1 aliphatic rings. The fourth-order valence-electron chi connectivity index (χ4n) is 2.61. The van der Waals surface area contributed by atoms with Crippen molar-refractivity contribution in [1.29, 1.82) is 0 Å². The number of amides is 2. The van der Waals surface area contributed by atoms with Crippen molar-refractivity contribution >= 4 is 46.6 Å². The fraction of sp³-hybridized carbons (Fsp3) is 0.150. The zero-order chi connectivity index (χ0) is 21.0. The normalized spacial score (nSPS) is 15.1. The molecule has 0 radical (unpaired) electrons. The monoisotopic (exact) mass is 432 g/mol. The van der Waals surface area contributed by atoms with Crippen LogP contribution in [0.15, 0.2) is 47.4 Å². The zero-order valence-electron chi connectivity index (χ0n) is 15.2. The van der Waals surface area contributed by atoms with Crippen LogP contribution < -0.4 is 14.6 Å². The minimum atomic E-state index is -1.36. The van der Waals surface area contributed by atoms with E-state index in [0.717, 1.165) is 16.7 Å². The number of halogens is 1. The van der Waals surface area contributed by atoms with Gasteiger partial charge in [-0.3, -0.25) is 14.5 Å². The van der Waals surface area contributed by atoms with Crippen molar-refractivity contribution in [3.05, 3.63) is 63.5 Å². The molecule has 1 saturated heterocycles. The number of carboxylic acid groups (broad SMARTS) is 1. The summed E-state index contributed by atoms with van der Waals surface area (Å²) in [5.74, 6) is -1.27. The predicted molar refractivity (Wildman–Crippen MR) is 106 cm³/mol. The Morgan fingerprint density at radius 3 is 2.66 bits per heavy atom. The van der Waals surface area contributed by atoms with Gasteiger partial charge in [0.05, 0.1) is 24.5 Å². The molecule has 0 aliphatic carbocycles. The van der Waals surface area contributed by atoms with Crippen molar-refractivity contribution in [1.82, 2.24) is 4.90 Å². The van der Waals surface area contributed by atoms with E-state index in [-0.39, 0.29) is 28.2 Å². The molecule has 2 amide bonds. The number of thioether (sulfide) groups is 1. The number of hydrogen-bond acceptors (Lipinski definition) is 7. The third-order valence-electron chi connectivity index (χ3n) is 3.99. The zero-order valence-corrected chi connectivity index (χ0v) is 16.8. The van der Waals surface area contributed by atoms with Gasteiger partial charge in [0.1, 0.15) is 6.61 Å². The van der Waals surface area contributed by atoms with Crippen LogP contribution in [0.4, 0.5) is 4.79 Å². The van der Waals surface area contributed by atoms with Gasteiger partial charge in [-0.25, -0.2) is 0 Å². The van der Waals surface area contributed by atoms with Gasteiger partial charge >= 0.3 is 0 Å². The van der Waals surface area contributed by atoms with Crippen molar-refractivity contribution in [2.45, 2.75) is 6.54 Å². The van der Waals surface area contributed by atoms with Gasteiger partial charge in [-0.15, -0.1) is 0 Å². The molecule has 0 saturated carbocycles. The number of benzene rings is 2. The first kappa shape index (κ1) is 20.8. The first-order valence-electron chi connectivity index (χ1n) is 8.38. The second kappa shape index (κ2) is 9.02. The Balaban J connectivity index is 1.80. The van der Waals surface area contributed by atoms with Crippen molar-refractivity contribution in [3.63, 3.8) is 0 Å². The summed E-state index contributed by atoms with van der Waals surface area (Å²) in [5.41, 5.74) is 1.26. The third kappa shape index (κ3) is 4.90. The summed E-state index contributed by atoms with van der Waals surface area (Å²) < 4.78 is 10.3. The molecule has 7 nitrogen and oxygen atoms in total. The Kier molecular flexibility index (Phi) is 6.46. The molecule has 0 unspecified atom stereocenters. The topological polar surface area (TPSA) is 96.0 Å². The van der Waals surface area contributed by atoms with E-state index in [1.807, 2.05) is 0 Å². The van der Waals surface area contributed by atoms with E-state index in [1.54, 1.807) is 42.5 Å². The summed E-state index contributed by atoms with van der Waals surface area (Å²) >= 11 is 6.95. The maximum absolute atomic E-state index is 12.7. The van der Waals surface area contributed by atoms with Crippen LogP contribution in [0.2, 0.25) is 5.02 Å². The smallest absolute Gasteiger partial charge is 0.293 e. The quantitative estimate of drug-likeness (QED) is 0.620. The van der Waals surface area contributed by atoms with Crippen LogP contribution in [0.25, 0.3) is 6.08 Å². The highest BCUT2D eigenvalue weighted by Gasteiger charge is 2.35. The highest BCUT2D eigenvalue weighted by atomic mass is 35.5. The number of methoxy groups -OCH3 is 1. The average molecular weight is 433 g/mol. The number of carbonyl (C=O) groups excluding carboxylic acids is 3. The molecular formula is C20H15ClNO6S-. The van der Waals surface area contributed by atoms with Gasteiger partial charge < -0.3 is 19.4 Å². The molecule has 3 rings (SSSR count). The van der Waals surface area contributed by atoms with E-state index in [4.69, 9.17) is 21.1 Å². The van der Waals surface area contributed by atoms with Gasteiger partial charge in [-0.2, -0.15) is 0 Å². The minimum absolute atomic E-state index is 0.0843. The Labute approximate surface area is 175 Å². The largest absolute Gasteiger partial charge is 0.546 e. The lowest BCUT2D eigenvalue weighted by molar-refractivity contribution is -0.307. The van der Waals surface area contributed by atoms with Crippen molar-refractivity contribution < 1.29 is 29.0 Å². The van der Waals surface area contributed by atoms with Crippen LogP contribution in [0.1, 0.15) is 11.1 Å². The number of ether oxygens (including phenoxy) is 2. The van der Waals surface area contributed by atoms with Crippen molar-refractivity contribution in [3.8, 4) is 11.5 Å². The number of hydrogen-bond donors (Lipinski definition) is 0. The average Bonchev–Trinajstić information content (AvgIpc) is 2.95. The lowest BCUT2D eigenvalue weighted by Gasteiger charge is -2.13. The van der Waals surface area contributed by atoms with Gasteiger partial charge in [0.25, 0.3) is 11.1 Å². The Hall–Kier alpha value is -2.97. The van der Waals surface area contributed by atoms with Gasteiger partial charge in [-0.1, -0.05) is 35.9 Å². The van der Waals surface area contributed by atoms with Gasteiger partial charge in [-0.05, 0) is 47.2 Å². The number of carbonyl (C=O) groups is 3. The van der Waals surface area contributed by atoms with Crippen molar-refractivity contribution in [2.24, 2.45) is 0 Å². The highest BCUT2D eigenvalue weighted by molar-refractivity contribution is 8.18. The predicted octanol–water partition coefficient (Wildman–Crippen LogP) is 2.71. The molecule has 0 bridgehead atoms. The van der Waals surface area contributed by atoms with Crippen LogP contribution in [0.3, 0.4) is 0 Å². The minimum Gasteiger partial charge on any atom is -0.546 e. The lowest BCUT2D eigenvalue weighted by Crippen LogP contribution is -2.29. The van der Waals surface area contributed by atoms with Gasteiger partial charge in [0.2, 0.25) is 0 Å². The highest BCUT2D eigenvalue weighted by Crippen LogP contribution is 2.35. The summed E-state index contributed by atoms with van der Waals surface area (Å²) in [5, 5.41) is 10.6. The van der Waals surface area contributed by atoms with Crippen LogP contribution >= 0.6 is 23.4 Å². The van der Waals surface area contributed by atoms with Crippen LogP contribution in [-0.2, 0) is 16.1 Å². The molecule has 0 atom stereocenters. The Morgan fingerprint density at radius 2 is 1.97 bits per heavy atom. The molecule has 9 heteroatoms. The van der Waals surface area contributed by atoms with E-state index in [2.05, 4.69) is 0 Å². The SMILES string of the molecule is COc1cc(/C=C2/SC(=O)N(Cc3ccccc3Cl)C2=O)ccc1OCC(=O)[O-]. The Bertz CT molecular complexity index is 1010. The van der Waals surface area contributed by atoms with E-state index in [9.17, 15) is 19.5 Å². The van der Waals surface area contributed by atoms with Gasteiger partial charge in [0.15, 0.2) is 11.5 Å². The molecule has 29 heavy (non-hydrogen) atoms. The molecular weight excluding hydrogens is 418 g/mol. The fourth-order valence-corrected chi connectivity index (χ4v) is 3.65. The number of nitrogens with zero attached hydrogens (tertiary/aromatic N) is 1. The summed E-state index contributed by atoms with van der Waals surface area (Å²) in [7, 11) is 1.41. The molecule has 1 heterocycles. The van der Waals surface area contributed by atoms with E-state index in [0.29, 0.717) is 16.1 Å². The maximum Gasteiger partial charge on any atom is 0.293 e. The molecule has 150 valence electrons. The Morgan fingerprint density at radius 1 is 1.21 bits per heavy atom.